The summed E-state index contributed by atoms with van der Waals surface area (Å²) in [7, 11) is 1.42. The van der Waals surface area contributed by atoms with Crippen molar-refractivity contribution in [2.24, 2.45) is 41.1 Å². The molecular weight excluding hydrogens is 1350 g/mol. The molecule has 17 atom stereocenters. The van der Waals surface area contributed by atoms with E-state index in [1.54, 1.807) is 0 Å². The van der Waals surface area contributed by atoms with Gasteiger partial charge >= 0.3 is 5.97 Å². The number of carbonyl (C=O) groups is 11. The van der Waals surface area contributed by atoms with Gasteiger partial charge in [-0.3, -0.25) is 52.7 Å². The molecule has 0 aromatic heterocycles. The van der Waals surface area contributed by atoms with Crippen molar-refractivity contribution in [2.45, 2.75) is 231 Å². The molecule has 28 nitrogen and oxygen atoms in total. The van der Waals surface area contributed by atoms with Crippen LogP contribution in [-0.2, 0) is 64.2 Å². The predicted molar refractivity (Wildman–Crippen MR) is 375 cm³/mol. The minimum atomic E-state index is -1.90. The van der Waals surface area contributed by atoms with Crippen LogP contribution in [0.5, 0.6) is 0 Å². The molecule has 1 aromatic carbocycles. The lowest BCUT2D eigenvalue weighted by Crippen LogP contribution is -2.61. The topological polar surface area (TPSA) is 419 Å². The molecular formula is C69H107F2N15O13S2. The number of nitrogens with zero attached hydrogens (tertiary/aromatic N) is 2. The number of halogens is 2. The minimum absolute atomic E-state index is 0.0406. The van der Waals surface area contributed by atoms with Crippen LogP contribution in [0, 0.1) is 29.6 Å². The zero-order valence-corrected chi connectivity index (χ0v) is 59.5. The molecule has 9 unspecified atom stereocenters. The molecule has 5 aliphatic heterocycles. The van der Waals surface area contributed by atoms with Crippen LogP contribution in [-0.4, -0.2) is 234 Å². The lowest BCUT2D eigenvalue weighted by molar-refractivity contribution is -0.150. The van der Waals surface area contributed by atoms with E-state index in [2.05, 4.69) is 58.5 Å². The fourth-order valence-electron chi connectivity index (χ4n) is 16.3. The normalized spacial score (nSPS) is 34.7. The average molecular weight is 1460 g/mol. The third kappa shape index (κ3) is 22.9. The maximum atomic E-state index is 15.4. The summed E-state index contributed by atoms with van der Waals surface area (Å²) in [6.07, 6.45) is 1.98. The zero-order valence-electron chi connectivity index (χ0n) is 57.9. The van der Waals surface area contributed by atoms with Gasteiger partial charge in [0.1, 0.15) is 60.7 Å². The molecule has 101 heavy (non-hydrogen) atoms. The van der Waals surface area contributed by atoms with E-state index in [4.69, 9.17) is 11.5 Å². The maximum Gasteiger partial charge on any atom is 0.305 e. The number of likely N-dealkylation sites (N-methyl/N-ethyl adjacent to an activating group) is 1. The highest BCUT2D eigenvalue weighted by Gasteiger charge is 2.47. The highest BCUT2D eigenvalue weighted by molar-refractivity contribution is 7.98. The molecule has 3 aliphatic carbocycles. The number of carbonyl (C=O) groups excluding carboxylic acids is 10. The fraction of sp³-hybridized carbons (Fsp3) is 0.754. The van der Waals surface area contributed by atoms with Gasteiger partial charge in [-0.15, -0.1) is 0 Å². The largest absolute Gasteiger partial charge is 0.481 e. The number of primary amides is 1. The van der Waals surface area contributed by atoms with Crippen LogP contribution in [0.25, 0.3) is 0 Å². The number of fused-ring (bicyclic) bond motifs is 5. The van der Waals surface area contributed by atoms with E-state index in [1.165, 1.54) is 40.4 Å². The molecule has 9 rings (SSSR count). The Morgan fingerprint density at radius 1 is 0.644 bits per heavy atom. The number of amides is 10. The number of carboxylic acids is 1. The van der Waals surface area contributed by atoms with Crippen molar-refractivity contribution in [3.8, 4) is 0 Å². The fourth-order valence-corrected chi connectivity index (χ4v) is 18.2. The number of aliphatic hydroxyl groups is 1. The van der Waals surface area contributed by atoms with Crippen LogP contribution in [0.4, 0.5) is 8.78 Å². The Morgan fingerprint density at radius 3 is 1.88 bits per heavy atom. The SMILES string of the molecule is CN1C(=O)[C@H](CC2CNCN2)NC(=O)[C@H](CC(=O)O)NC(=O)[C@H](CC2CNC3CCC(F)CC23)NC(=O)[C@H](CC2CNC3CCC(F)CC23)NC(=O)CNC(=O)[C@H](CCCCN)NC(=O)CCSCc2cccc(c2)CSC[C@@H](C(N)=O)NC(=O)[C@@H]2CCCN2C(=O)[C@@H]1CC1CCC(O)CC1. The van der Waals surface area contributed by atoms with Gasteiger partial charge in [-0.2, -0.15) is 23.5 Å². The summed E-state index contributed by atoms with van der Waals surface area (Å²) in [5.74, 6) is -9.08. The number of nitrogens with two attached hydrogens (primary N) is 2. The van der Waals surface area contributed by atoms with Crippen LogP contribution in [0.1, 0.15) is 146 Å². The van der Waals surface area contributed by atoms with Gasteiger partial charge in [0.05, 0.1) is 19.1 Å². The highest BCUT2D eigenvalue weighted by atomic mass is 32.2. The molecule has 0 spiro atoms. The van der Waals surface area contributed by atoms with Crippen molar-refractivity contribution >= 4 is 88.6 Å². The summed E-state index contributed by atoms with van der Waals surface area (Å²) in [5.41, 5.74) is 13.6. The van der Waals surface area contributed by atoms with Crippen molar-refractivity contribution in [1.29, 1.82) is 0 Å². The molecule has 0 radical (unpaired) electrons. The first-order chi connectivity index (χ1) is 48.5. The number of nitrogens with one attached hydrogen (secondary N) is 11. The smallest absolute Gasteiger partial charge is 0.305 e. The van der Waals surface area contributed by atoms with Crippen LogP contribution in [0.3, 0.4) is 0 Å². The van der Waals surface area contributed by atoms with Gasteiger partial charge in [-0.05, 0) is 182 Å². The molecule has 2 bridgehead atoms. The molecule has 1 aromatic rings. The molecule has 5 heterocycles. The highest BCUT2D eigenvalue weighted by Crippen LogP contribution is 2.40. The maximum absolute atomic E-state index is 15.4. The molecule has 3 saturated carbocycles. The average Bonchev–Trinajstić information content (AvgIpc) is 1.77. The number of benzene rings is 1. The van der Waals surface area contributed by atoms with Crippen molar-refractivity contribution in [1.82, 2.24) is 68.3 Å². The van der Waals surface area contributed by atoms with Gasteiger partial charge < -0.3 is 90.0 Å². The second-order valence-electron chi connectivity index (χ2n) is 29.1. The quantitative estimate of drug-likeness (QED) is 0.0991. The van der Waals surface area contributed by atoms with E-state index in [0.717, 1.165) is 11.1 Å². The van der Waals surface area contributed by atoms with Gasteiger partial charge in [0, 0.05) is 74.4 Å². The van der Waals surface area contributed by atoms with Gasteiger partial charge in [0.2, 0.25) is 59.1 Å². The lowest BCUT2D eigenvalue weighted by atomic mass is 9.76. The Labute approximate surface area is 598 Å². The Kier molecular flexibility index (Phi) is 30.0. The second kappa shape index (κ2) is 38.5. The summed E-state index contributed by atoms with van der Waals surface area (Å²) < 4.78 is 30.5. The van der Waals surface area contributed by atoms with Crippen LogP contribution >= 0.6 is 23.5 Å². The number of rotatable bonds is 15. The summed E-state index contributed by atoms with van der Waals surface area (Å²) in [6.45, 7) is 1.19. The lowest BCUT2D eigenvalue weighted by Gasteiger charge is -2.38. The van der Waals surface area contributed by atoms with Crippen molar-refractivity contribution in [2.75, 3.05) is 64.5 Å². The molecule has 17 N–H and O–H groups in total. The van der Waals surface area contributed by atoms with Crippen molar-refractivity contribution < 1.29 is 71.7 Å². The van der Waals surface area contributed by atoms with Crippen molar-refractivity contribution in [3.05, 3.63) is 35.4 Å². The van der Waals surface area contributed by atoms with E-state index < -0.39 is 157 Å². The van der Waals surface area contributed by atoms with Crippen LogP contribution in [0.15, 0.2) is 24.3 Å². The van der Waals surface area contributed by atoms with E-state index in [0.29, 0.717) is 121 Å². The third-order valence-electron chi connectivity index (χ3n) is 21.9. The first-order valence-electron chi connectivity index (χ1n) is 36.5. The molecule has 7 fully saturated rings. The summed E-state index contributed by atoms with van der Waals surface area (Å²) in [5, 5.41) is 53.4. The first kappa shape index (κ1) is 78.8. The number of hydrogen-bond acceptors (Lipinski definition) is 19. The minimum Gasteiger partial charge on any atom is -0.481 e. The number of alkyl halides is 2. The number of hydrogen-bond donors (Lipinski definition) is 15. The second-order valence-corrected chi connectivity index (χ2v) is 31.3. The van der Waals surface area contributed by atoms with Gasteiger partial charge in [-0.1, -0.05) is 24.3 Å². The monoisotopic (exact) mass is 1460 g/mol. The van der Waals surface area contributed by atoms with Gasteiger partial charge in [0.25, 0.3) is 0 Å². The van der Waals surface area contributed by atoms with E-state index in [9.17, 15) is 39.0 Å². The van der Waals surface area contributed by atoms with Gasteiger partial charge in [0.15, 0.2) is 0 Å². The van der Waals surface area contributed by atoms with E-state index in [1.807, 2.05) is 24.3 Å². The summed E-state index contributed by atoms with van der Waals surface area (Å²) in [4.78, 5) is 161. The Hall–Kier alpha value is -6.29. The van der Waals surface area contributed by atoms with E-state index in [-0.39, 0.29) is 106 Å². The number of aliphatic hydroxyl groups excluding tert-OH is 1. The van der Waals surface area contributed by atoms with E-state index >= 15 is 32.8 Å². The number of aliphatic carboxylic acids is 1. The summed E-state index contributed by atoms with van der Waals surface area (Å²) in [6, 6.07) is -3.67. The molecule has 10 amide bonds. The number of unbranched alkanes of at least 4 members (excludes halogenated alkanes) is 1. The molecule has 4 saturated heterocycles. The number of thioether (sulfide) groups is 2. The molecule has 562 valence electrons. The predicted octanol–water partition coefficient (Wildman–Crippen LogP) is -0.429. The zero-order chi connectivity index (χ0) is 72.3. The van der Waals surface area contributed by atoms with Gasteiger partial charge in [-0.25, -0.2) is 8.78 Å². The number of carboxylic acid groups (broad SMARTS) is 1. The van der Waals surface area contributed by atoms with Crippen LogP contribution in [0.2, 0.25) is 0 Å². The van der Waals surface area contributed by atoms with Crippen molar-refractivity contribution in [3.63, 3.8) is 0 Å². The first-order valence-corrected chi connectivity index (χ1v) is 38.8. The Bertz CT molecular complexity index is 3050. The Morgan fingerprint density at radius 2 is 1.26 bits per heavy atom. The van der Waals surface area contributed by atoms with Crippen LogP contribution < -0.4 is 70.0 Å². The Balaban J connectivity index is 1.03. The molecule has 8 aliphatic rings. The standard InChI is InChI=1S/C69H107F2N15O13S2/c1-85-58(23-38-10-14-46(87)15-11-38)69(99)86-20-5-9-57(86)67(97)84-56(62(73)92)36-101-35-40-7-4-6-39(22-40)34-100-21-18-59(88)79-51(8-2-3-19-72)63(93)77-33-60(89)80-52(24-41-30-75-49-16-12-43(70)26-47(41)49)64(94)81-53(25-42-31-76-50-17-13-44(71)27-48(42)50)65(95)82-54(29-61(90)91)66(96)83-55(68(85)98)28-45-32-74-37-78-45/h4,6-7,22,38,41-58,74-76,78,87H,2-3,5,8-21,23-37,72H2,1H3,(H2,73,92)(H,77,93)(H,79,88)(H,80,89)(H,81,94)(H,82,95)(H,83,96)(H,84,97)(H,90,91)/t38?,41?,42?,43?,44?,45?,46?,47?,48?,49?,50?,51-,52-,53-,54-,55-,56-,57-,58-/m0/s1. The molecule has 32 heteroatoms. The summed E-state index contributed by atoms with van der Waals surface area (Å²) >= 11 is 2.87. The third-order valence-corrected chi connectivity index (χ3v) is 24.0.